The van der Waals surface area contributed by atoms with Crippen molar-refractivity contribution in [1.82, 2.24) is 4.90 Å². The zero-order valence-electron chi connectivity index (χ0n) is 12.5. The fourth-order valence-corrected chi connectivity index (χ4v) is 2.37. The Morgan fingerprint density at radius 2 is 2.09 bits per heavy atom. The Hall–Kier alpha value is -1.91. The molecule has 126 valence electrons. The minimum Gasteiger partial charge on any atom is -0.544 e. The zero-order chi connectivity index (χ0) is 16.9. The topological polar surface area (TPSA) is 200 Å². The van der Waals surface area contributed by atoms with Gasteiger partial charge in [-0.1, -0.05) is 0 Å². The average Bonchev–Trinajstić information content (AvgIpc) is 2.78. The number of carbonyl (C=O) groups excluding carboxylic acids is 2. The van der Waals surface area contributed by atoms with E-state index in [4.69, 9.17) is 11.5 Å². The van der Waals surface area contributed by atoms with Gasteiger partial charge in [-0.2, -0.15) is 0 Å². The molecule has 1 heterocycles. The molecule has 11 N–H and O–H groups in total. The maximum Gasteiger partial charge on any atom is 0.321 e. The average molecular weight is 317 g/mol. The lowest BCUT2D eigenvalue weighted by Crippen LogP contribution is -2.83. The highest BCUT2D eigenvalue weighted by Gasteiger charge is 2.28. The summed E-state index contributed by atoms with van der Waals surface area (Å²) >= 11 is 0. The molecule has 1 aliphatic heterocycles. The molecule has 22 heavy (non-hydrogen) atoms. The molecule has 0 radical (unpaired) electrons. The summed E-state index contributed by atoms with van der Waals surface area (Å²) in [6, 6.07) is -2.16. The molecule has 0 fully saturated rings. The number of aliphatic imine (C=N–C) groups is 1. The Bertz CT molecular complexity index is 443. The Kier molecular flexibility index (Phi) is 6.53. The van der Waals surface area contributed by atoms with Crippen molar-refractivity contribution in [2.45, 2.75) is 49.9 Å². The first-order valence-electron chi connectivity index (χ1n) is 7.17. The van der Waals surface area contributed by atoms with Gasteiger partial charge in [0, 0.05) is 6.42 Å². The molecule has 2 amide bonds. The molecule has 0 aromatic heterocycles. The Balaban J connectivity index is 2.29. The van der Waals surface area contributed by atoms with Gasteiger partial charge in [0.05, 0.1) is 18.7 Å². The first kappa shape index (κ1) is 18.1. The number of aliphatic hydroxyl groups excluding tert-OH is 1. The van der Waals surface area contributed by atoms with E-state index < -0.39 is 24.1 Å². The van der Waals surface area contributed by atoms with Crippen LogP contribution < -0.4 is 28.0 Å². The number of guanidine groups is 1. The molecule has 1 rings (SSSR count). The molecule has 0 aliphatic carbocycles. The standard InChI is InChI=1S/C12H24N6O4/c13-8(9(14)10(20)21)3-1-2-7(19)4-6-5-18(12(16)22)11(15)17-6/h6-9,19H,1-5,13-14H2,(H2,15,17)(H2,16,22)(H,20,21)/p+1/t6?,7-,8+,9+/m1/s1. The normalized spacial score (nSPS) is 22.0. The van der Waals surface area contributed by atoms with Crippen molar-refractivity contribution in [1.29, 1.82) is 0 Å². The molecule has 4 atom stereocenters. The van der Waals surface area contributed by atoms with E-state index in [1.54, 1.807) is 0 Å². The third kappa shape index (κ3) is 5.13. The summed E-state index contributed by atoms with van der Waals surface area (Å²) in [5.41, 5.74) is 17.9. The summed E-state index contributed by atoms with van der Waals surface area (Å²) in [5, 5.41) is 20.6. The number of hydrogen-bond acceptors (Lipinski definition) is 6. The summed E-state index contributed by atoms with van der Waals surface area (Å²) < 4.78 is 0. The summed E-state index contributed by atoms with van der Waals surface area (Å²) in [4.78, 5) is 27.0. The van der Waals surface area contributed by atoms with Crippen LogP contribution in [0.25, 0.3) is 0 Å². The van der Waals surface area contributed by atoms with Crippen molar-refractivity contribution in [2.24, 2.45) is 16.5 Å². The summed E-state index contributed by atoms with van der Waals surface area (Å²) in [6.45, 7) is 0.266. The summed E-state index contributed by atoms with van der Waals surface area (Å²) in [6.07, 6.45) is 1.37. The molecular weight excluding hydrogens is 292 g/mol. The molecule has 1 unspecified atom stereocenters. The van der Waals surface area contributed by atoms with Gasteiger partial charge in [-0.3, -0.25) is 4.90 Å². The van der Waals surface area contributed by atoms with Crippen LogP contribution in [0.4, 0.5) is 4.79 Å². The van der Waals surface area contributed by atoms with E-state index in [1.165, 1.54) is 0 Å². The molecule has 10 nitrogen and oxygen atoms in total. The van der Waals surface area contributed by atoms with Crippen molar-refractivity contribution < 1.29 is 31.3 Å². The number of aliphatic hydroxyl groups is 1. The number of urea groups is 1. The molecule has 0 bridgehead atoms. The highest BCUT2D eigenvalue weighted by Crippen LogP contribution is 2.15. The predicted molar refractivity (Wildman–Crippen MR) is 74.5 cm³/mol. The Morgan fingerprint density at radius 1 is 1.45 bits per heavy atom. The van der Waals surface area contributed by atoms with Gasteiger partial charge in [0.15, 0.2) is 12.0 Å². The lowest BCUT2D eigenvalue weighted by atomic mass is 9.99. The van der Waals surface area contributed by atoms with Crippen molar-refractivity contribution in [3.8, 4) is 0 Å². The van der Waals surface area contributed by atoms with Crippen LogP contribution in [0.5, 0.6) is 0 Å². The second-order valence-corrected chi connectivity index (χ2v) is 5.60. The number of carboxylic acids is 1. The van der Waals surface area contributed by atoms with Gasteiger partial charge in [-0.05, 0) is 19.3 Å². The molecular formula is C12H25N6O4+. The smallest absolute Gasteiger partial charge is 0.321 e. The highest BCUT2D eigenvalue weighted by molar-refractivity contribution is 5.96. The minimum atomic E-state index is -1.22. The number of carbonyl (C=O) groups is 2. The number of aliphatic carboxylic acids is 1. The lowest BCUT2D eigenvalue weighted by molar-refractivity contribution is -0.529. The van der Waals surface area contributed by atoms with Crippen LogP contribution >= 0.6 is 0 Å². The second kappa shape index (κ2) is 7.92. The number of hydrogen-bond donors (Lipinski definition) is 5. The van der Waals surface area contributed by atoms with Crippen molar-refractivity contribution in [3.63, 3.8) is 0 Å². The molecule has 0 spiro atoms. The fourth-order valence-electron chi connectivity index (χ4n) is 2.37. The largest absolute Gasteiger partial charge is 0.544 e. The van der Waals surface area contributed by atoms with E-state index in [1.807, 2.05) is 0 Å². The lowest BCUT2D eigenvalue weighted by Gasteiger charge is -2.17. The van der Waals surface area contributed by atoms with Gasteiger partial charge in [0.1, 0.15) is 12.0 Å². The number of carboxylic acid groups (broad SMARTS) is 1. The third-order valence-electron chi connectivity index (χ3n) is 3.78. The van der Waals surface area contributed by atoms with E-state index in [-0.39, 0.29) is 24.6 Å². The van der Waals surface area contributed by atoms with Crippen LogP contribution in [0.2, 0.25) is 0 Å². The maximum absolute atomic E-state index is 11.1. The van der Waals surface area contributed by atoms with Gasteiger partial charge in [0.2, 0.25) is 0 Å². The second-order valence-electron chi connectivity index (χ2n) is 5.60. The number of primary amides is 1. The first-order valence-corrected chi connectivity index (χ1v) is 7.17. The van der Waals surface area contributed by atoms with Crippen LogP contribution in [-0.2, 0) is 4.79 Å². The summed E-state index contributed by atoms with van der Waals surface area (Å²) in [7, 11) is 0. The van der Waals surface area contributed by atoms with Crippen molar-refractivity contribution in [2.75, 3.05) is 6.54 Å². The summed E-state index contributed by atoms with van der Waals surface area (Å²) in [5.74, 6) is -1.15. The van der Waals surface area contributed by atoms with E-state index >= 15 is 0 Å². The van der Waals surface area contributed by atoms with E-state index in [9.17, 15) is 19.8 Å². The number of nitrogens with two attached hydrogens (primary N) is 2. The number of rotatable bonds is 8. The van der Waals surface area contributed by atoms with Gasteiger partial charge >= 0.3 is 6.03 Å². The van der Waals surface area contributed by atoms with Gasteiger partial charge < -0.3 is 37.9 Å². The van der Waals surface area contributed by atoms with Crippen LogP contribution in [0.1, 0.15) is 25.7 Å². The van der Waals surface area contributed by atoms with Crippen LogP contribution in [0, 0.1) is 0 Å². The van der Waals surface area contributed by atoms with Crippen molar-refractivity contribution >= 4 is 18.0 Å². The van der Waals surface area contributed by atoms with E-state index in [0.29, 0.717) is 25.7 Å². The zero-order valence-corrected chi connectivity index (χ0v) is 12.5. The van der Waals surface area contributed by atoms with Crippen LogP contribution in [0.15, 0.2) is 4.99 Å². The van der Waals surface area contributed by atoms with Crippen LogP contribution in [0.3, 0.4) is 0 Å². The third-order valence-corrected chi connectivity index (χ3v) is 3.78. The Morgan fingerprint density at radius 3 is 2.59 bits per heavy atom. The van der Waals surface area contributed by atoms with Crippen molar-refractivity contribution in [3.05, 3.63) is 0 Å². The SMILES string of the molecule is NC(=O)N1CC(C[C@H](O)CCC[C@H]([NH3+])[C@H]([NH3+])C(=O)[O-])N=C1N. The van der Waals surface area contributed by atoms with E-state index in [2.05, 4.69) is 16.5 Å². The Labute approximate surface area is 128 Å². The molecule has 0 saturated carbocycles. The molecule has 0 aromatic carbocycles. The molecule has 1 aliphatic rings. The highest BCUT2D eigenvalue weighted by atomic mass is 16.4. The molecule has 0 aromatic rings. The van der Waals surface area contributed by atoms with Gasteiger partial charge in [0.25, 0.3) is 0 Å². The first-order chi connectivity index (χ1) is 10.2. The van der Waals surface area contributed by atoms with Gasteiger partial charge in [-0.25, -0.2) is 9.79 Å². The number of quaternary nitrogens is 2. The van der Waals surface area contributed by atoms with Gasteiger partial charge in [-0.15, -0.1) is 0 Å². The minimum absolute atomic E-state index is 0.0661. The molecule has 0 saturated heterocycles. The maximum atomic E-state index is 11.1. The fraction of sp³-hybridized carbons (Fsp3) is 0.750. The monoisotopic (exact) mass is 317 g/mol. The molecule has 10 heteroatoms. The van der Waals surface area contributed by atoms with E-state index in [0.717, 1.165) is 4.90 Å². The predicted octanol–water partition coefficient (Wildman–Crippen LogP) is -5.04. The number of nitrogens with zero attached hydrogens (tertiary/aromatic N) is 2. The quantitative estimate of drug-likeness (QED) is 0.297. The number of amides is 2. The van der Waals surface area contributed by atoms with Crippen LogP contribution in [-0.4, -0.2) is 58.7 Å².